The van der Waals surface area contributed by atoms with Crippen LogP contribution in [0.2, 0.25) is 0 Å². The molecule has 0 spiro atoms. The highest BCUT2D eigenvalue weighted by molar-refractivity contribution is 7.12. The molecule has 0 aliphatic carbocycles. The zero-order chi connectivity index (χ0) is 15.4. The fourth-order valence-electron chi connectivity index (χ4n) is 2.28. The Labute approximate surface area is 132 Å². The van der Waals surface area contributed by atoms with Gasteiger partial charge in [0.25, 0.3) is 11.8 Å². The van der Waals surface area contributed by atoms with Gasteiger partial charge in [-0.25, -0.2) is 0 Å². The molecule has 1 saturated heterocycles. The second kappa shape index (κ2) is 6.72. The number of amides is 2. The number of hydrogen-bond donors (Lipinski definition) is 1. The molecule has 0 saturated carbocycles. The van der Waals surface area contributed by atoms with Gasteiger partial charge in [-0.2, -0.15) is 0 Å². The molecular weight excluding hydrogens is 300 g/mol. The van der Waals surface area contributed by atoms with Gasteiger partial charge >= 0.3 is 0 Å². The zero-order valence-corrected chi connectivity index (χ0v) is 12.8. The van der Waals surface area contributed by atoms with Crippen LogP contribution in [-0.4, -0.2) is 43.0 Å². The van der Waals surface area contributed by atoms with Gasteiger partial charge in [0, 0.05) is 24.3 Å². The minimum Gasteiger partial charge on any atom is -0.378 e. The summed E-state index contributed by atoms with van der Waals surface area (Å²) in [5.74, 6) is -0.193. The molecule has 114 valence electrons. The van der Waals surface area contributed by atoms with Crippen LogP contribution in [0.3, 0.4) is 0 Å². The second-order valence-corrected chi connectivity index (χ2v) is 5.86. The topological polar surface area (TPSA) is 58.6 Å². The summed E-state index contributed by atoms with van der Waals surface area (Å²) in [5.41, 5.74) is 1.20. The van der Waals surface area contributed by atoms with Crippen molar-refractivity contribution in [1.29, 1.82) is 0 Å². The van der Waals surface area contributed by atoms with Crippen LogP contribution in [0.5, 0.6) is 0 Å². The molecule has 0 bridgehead atoms. The minimum absolute atomic E-state index is 0.0319. The number of rotatable bonds is 3. The van der Waals surface area contributed by atoms with E-state index < -0.39 is 0 Å². The lowest BCUT2D eigenvalue weighted by Gasteiger charge is -2.27. The van der Waals surface area contributed by atoms with Crippen LogP contribution in [0.15, 0.2) is 41.8 Å². The highest BCUT2D eigenvalue weighted by Crippen LogP contribution is 2.16. The molecule has 22 heavy (non-hydrogen) atoms. The Balaban J connectivity index is 1.72. The van der Waals surface area contributed by atoms with Gasteiger partial charge in [0.2, 0.25) is 0 Å². The average Bonchev–Trinajstić information content (AvgIpc) is 3.10. The monoisotopic (exact) mass is 316 g/mol. The van der Waals surface area contributed by atoms with E-state index in [0.29, 0.717) is 42.4 Å². The third-order valence-corrected chi connectivity index (χ3v) is 4.28. The van der Waals surface area contributed by atoms with Crippen LogP contribution < -0.4 is 5.32 Å². The number of morpholine rings is 1. The van der Waals surface area contributed by atoms with E-state index in [1.54, 1.807) is 35.2 Å². The van der Waals surface area contributed by atoms with E-state index in [2.05, 4.69) is 5.32 Å². The third kappa shape index (κ3) is 3.35. The van der Waals surface area contributed by atoms with Gasteiger partial charge in [-0.05, 0) is 29.6 Å². The number of carbonyl (C=O) groups excluding carboxylic acids is 2. The van der Waals surface area contributed by atoms with Gasteiger partial charge in [0.1, 0.15) is 0 Å². The Bertz CT molecular complexity index is 664. The first-order valence-corrected chi connectivity index (χ1v) is 7.94. The van der Waals surface area contributed by atoms with Crippen molar-refractivity contribution in [3.05, 3.63) is 52.2 Å². The SMILES string of the molecule is O=C(Nc1cccc(C(=O)N2CCOCC2)c1)c1cccs1. The van der Waals surface area contributed by atoms with Gasteiger partial charge < -0.3 is 15.0 Å². The van der Waals surface area contributed by atoms with E-state index in [4.69, 9.17) is 4.74 Å². The Kier molecular flexibility index (Phi) is 4.50. The van der Waals surface area contributed by atoms with Crippen molar-refractivity contribution >= 4 is 28.8 Å². The lowest BCUT2D eigenvalue weighted by molar-refractivity contribution is 0.0303. The van der Waals surface area contributed by atoms with E-state index in [9.17, 15) is 9.59 Å². The highest BCUT2D eigenvalue weighted by Gasteiger charge is 2.18. The number of nitrogens with zero attached hydrogens (tertiary/aromatic N) is 1. The van der Waals surface area contributed by atoms with Crippen molar-refractivity contribution in [2.75, 3.05) is 31.6 Å². The minimum atomic E-state index is -0.161. The summed E-state index contributed by atoms with van der Waals surface area (Å²) < 4.78 is 5.25. The first-order valence-electron chi connectivity index (χ1n) is 7.06. The highest BCUT2D eigenvalue weighted by atomic mass is 32.1. The van der Waals surface area contributed by atoms with Crippen LogP contribution in [0.4, 0.5) is 5.69 Å². The van der Waals surface area contributed by atoms with E-state index in [1.165, 1.54) is 11.3 Å². The molecule has 1 aliphatic heterocycles. The molecule has 1 N–H and O–H groups in total. The molecule has 2 aromatic rings. The van der Waals surface area contributed by atoms with Crippen LogP contribution >= 0.6 is 11.3 Å². The van der Waals surface area contributed by atoms with Gasteiger partial charge in [-0.3, -0.25) is 9.59 Å². The Morgan fingerprint density at radius 1 is 1.14 bits per heavy atom. The van der Waals surface area contributed by atoms with Crippen LogP contribution in [0.1, 0.15) is 20.0 Å². The molecule has 2 heterocycles. The number of nitrogens with one attached hydrogen (secondary N) is 1. The Morgan fingerprint density at radius 3 is 2.68 bits per heavy atom. The summed E-state index contributed by atoms with van der Waals surface area (Å²) in [6, 6.07) is 10.6. The smallest absolute Gasteiger partial charge is 0.265 e. The summed E-state index contributed by atoms with van der Waals surface area (Å²) in [6.07, 6.45) is 0. The van der Waals surface area contributed by atoms with Crippen molar-refractivity contribution in [1.82, 2.24) is 4.90 Å². The van der Waals surface area contributed by atoms with E-state index in [-0.39, 0.29) is 11.8 Å². The zero-order valence-electron chi connectivity index (χ0n) is 12.0. The largest absolute Gasteiger partial charge is 0.378 e. The predicted octanol–water partition coefficient (Wildman–Crippen LogP) is 2.47. The number of ether oxygens (including phenoxy) is 1. The maximum absolute atomic E-state index is 12.4. The average molecular weight is 316 g/mol. The summed E-state index contributed by atoms with van der Waals surface area (Å²) in [5, 5.41) is 4.67. The van der Waals surface area contributed by atoms with Gasteiger partial charge in [0.15, 0.2) is 0 Å². The quantitative estimate of drug-likeness (QED) is 0.946. The predicted molar refractivity (Wildman–Crippen MR) is 85.4 cm³/mol. The van der Waals surface area contributed by atoms with Crippen molar-refractivity contribution in [3.63, 3.8) is 0 Å². The Morgan fingerprint density at radius 2 is 1.95 bits per heavy atom. The molecular formula is C16H16N2O3S. The number of benzene rings is 1. The molecule has 1 aromatic heterocycles. The van der Waals surface area contributed by atoms with Crippen LogP contribution in [0.25, 0.3) is 0 Å². The molecule has 0 unspecified atom stereocenters. The van der Waals surface area contributed by atoms with Crippen molar-refractivity contribution in [2.24, 2.45) is 0 Å². The van der Waals surface area contributed by atoms with Gasteiger partial charge in [-0.15, -0.1) is 11.3 Å². The van der Waals surface area contributed by atoms with E-state index in [0.717, 1.165) is 0 Å². The standard InChI is InChI=1S/C16H16N2O3S/c19-15(14-5-2-10-22-14)17-13-4-1-3-12(11-13)16(20)18-6-8-21-9-7-18/h1-5,10-11H,6-9H2,(H,17,19). The molecule has 1 aliphatic rings. The van der Waals surface area contributed by atoms with Crippen LogP contribution in [0, 0.1) is 0 Å². The fourth-order valence-corrected chi connectivity index (χ4v) is 2.90. The molecule has 3 rings (SSSR count). The molecule has 0 radical (unpaired) electrons. The first-order chi connectivity index (χ1) is 10.7. The third-order valence-electron chi connectivity index (χ3n) is 3.41. The van der Waals surface area contributed by atoms with Crippen LogP contribution in [-0.2, 0) is 4.74 Å². The maximum atomic E-state index is 12.4. The lowest BCUT2D eigenvalue weighted by Crippen LogP contribution is -2.40. The fraction of sp³-hybridized carbons (Fsp3) is 0.250. The van der Waals surface area contributed by atoms with Crippen molar-refractivity contribution < 1.29 is 14.3 Å². The summed E-state index contributed by atoms with van der Waals surface area (Å²) in [4.78, 5) is 26.9. The summed E-state index contributed by atoms with van der Waals surface area (Å²) >= 11 is 1.38. The molecule has 6 heteroatoms. The van der Waals surface area contributed by atoms with Crippen molar-refractivity contribution in [2.45, 2.75) is 0 Å². The normalized spacial score (nSPS) is 14.6. The number of hydrogen-bond acceptors (Lipinski definition) is 4. The van der Waals surface area contributed by atoms with Crippen molar-refractivity contribution in [3.8, 4) is 0 Å². The molecule has 0 atom stereocenters. The van der Waals surface area contributed by atoms with E-state index in [1.807, 2.05) is 11.4 Å². The molecule has 2 amide bonds. The summed E-state index contributed by atoms with van der Waals surface area (Å²) in [6.45, 7) is 2.34. The first kappa shape index (κ1) is 14.7. The molecule has 1 fully saturated rings. The Hall–Kier alpha value is -2.18. The van der Waals surface area contributed by atoms with E-state index >= 15 is 0 Å². The van der Waals surface area contributed by atoms with Gasteiger partial charge in [-0.1, -0.05) is 12.1 Å². The molecule has 1 aromatic carbocycles. The van der Waals surface area contributed by atoms with Gasteiger partial charge in [0.05, 0.1) is 18.1 Å². The molecule has 5 nitrogen and oxygen atoms in total. The number of thiophene rings is 1. The number of anilines is 1. The summed E-state index contributed by atoms with van der Waals surface area (Å²) in [7, 11) is 0. The second-order valence-electron chi connectivity index (χ2n) is 4.92. The number of carbonyl (C=O) groups is 2. The lowest BCUT2D eigenvalue weighted by atomic mass is 10.1. The maximum Gasteiger partial charge on any atom is 0.265 e.